The molecule has 0 spiro atoms. The van der Waals surface area contributed by atoms with E-state index in [1.807, 2.05) is 4.90 Å². The minimum absolute atomic E-state index is 0.0874. The summed E-state index contributed by atoms with van der Waals surface area (Å²) < 4.78 is 78.4. The van der Waals surface area contributed by atoms with Gasteiger partial charge in [0.2, 0.25) is 0 Å². The summed E-state index contributed by atoms with van der Waals surface area (Å²) in [6.45, 7) is 0.733. The Morgan fingerprint density at radius 1 is 0.868 bits per heavy atom. The van der Waals surface area contributed by atoms with E-state index in [1.54, 1.807) is 0 Å². The van der Waals surface area contributed by atoms with Gasteiger partial charge >= 0.3 is 0 Å². The quantitative estimate of drug-likeness (QED) is 0.289. The third kappa shape index (κ3) is 4.50. The van der Waals surface area contributed by atoms with Gasteiger partial charge in [-0.2, -0.15) is 0 Å². The van der Waals surface area contributed by atoms with Crippen molar-refractivity contribution in [1.82, 2.24) is 0 Å². The van der Waals surface area contributed by atoms with Gasteiger partial charge in [-0.25, -0.2) is 17.6 Å². The first-order valence-corrected chi connectivity index (χ1v) is 12.3. The van der Waals surface area contributed by atoms with Crippen LogP contribution in [0, 0.1) is 23.3 Å². The maximum atomic E-state index is 16.4. The van der Waals surface area contributed by atoms with Crippen LogP contribution in [0.5, 0.6) is 11.5 Å². The molecule has 5 rings (SSSR count). The summed E-state index contributed by atoms with van der Waals surface area (Å²) in [5.41, 5.74) is 0.116. The zero-order chi connectivity index (χ0) is 27.0. The van der Waals surface area contributed by atoms with Crippen LogP contribution in [0.4, 0.5) is 23.2 Å². The van der Waals surface area contributed by atoms with Crippen LogP contribution in [0.2, 0.25) is 0 Å². The zero-order valence-electron chi connectivity index (χ0n) is 21.0. The van der Waals surface area contributed by atoms with Crippen LogP contribution in [-0.2, 0) is 9.47 Å². The third-order valence-electron chi connectivity index (χ3n) is 7.01. The first kappa shape index (κ1) is 26.1. The number of hydrogen-bond donors (Lipinski definition) is 1. The van der Waals surface area contributed by atoms with Crippen LogP contribution in [-0.4, -0.2) is 39.0 Å². The van der Waals surface area contributed by atoms with Gasteiger partial charge in [0.1, 0.15) is 35.6 Å². The largest absolute Gasteiger partial charge is 0.508 e. The molecular formula is C29H27F4NO4. The number of halogens is 4. The molecule has 0 bridgehead atoms. The van der Waals surface area contributed by atoms with Crippen LogP contribution in [0.15, 0.2) is 42.5 Å². The monoisotopic (exact) mass is 529 g/mol. The maximum absolute atomic E-state index is 16.4. The molecule has 9 heteroatoms. The van der Waals surface area contributed by atoms with Gasteiger partial charge in [0.25, 0.3) is 0 Å². The molecule has 200 valence electrons. The maximum Gasteiger partial charge on any atom is 0.188 e. The minimum Gasteiger partial charge on any atom is -0.508 e. The predicted octanol–water partition coefficient (Wildman–Crippen LogP) is 6.58. The Morgan fingerprint density at radius 2 is 1.55 bits per heavy atom. The van der Waals surface area contributed by atoms with Gasteiger partial charge in [-0.05, 0) is 49.6 Å². The van der Waals surface area contributed by atoms with E-state index in [2.05, 4.69) is 0 Å². The Bertz CT molecular complexity index is 1380. The number of aromatic hydroxyl groups is 1. The minimum atomic E-state index is -1.30. The topological polar surface area (TPSA) is 51.2 Å². The number of nitrogens with zero attached hydrogens (tertiary/aromatic N) is 1. The molecule has 1 saturated heterocycles. The fourth-order valence-electron chi connectivity index (χ4n) is 5.30. The number of phenolic OH excluding ortho intramolecular Hbond substituents is 1. The van der Waals surface area contributed by atoms with E-state index >= 15 is 17.6 Å². The SMILES string of the molecule is COC(OC)c1c(F)cc(C2=C(c3c(F)cccc3F)COc3cc(O)ccc32)c(N2CCCCC2)c1F. The molecule has 0 aromatic heterocycles. The average Bonchev–Trinajstić information content (AvgIpc) is 2.91. The first-order chi connectivity index (χ1) is 18.3. The Hall–Kier alpha value is -3.56. The molecule has 0 aliphatic carbocycles. The van der Waals surface area contributed by atoms with E-state index in [4.69, 9.17) is 14.2 Å². The number of phenols is 1. The first-order valence-electron chi connectivity index (χ1n) is 12.3. The van der Waals surface area contributed by atoms with Crippen LogP contribution >= 0.6 is 0 Å². The molecule has 0 unspecified atom stereocenters. The molecule has 2 heterocycles. The van der Waals surface area contributed by atoms with E-state index in [-0.39, 0.29) is 46.1 Å². The molecule has 1 fully saturated rings. The molecule has 5 nitrogen and oxygen atoms in total. The molecular weight excluding hydrogens is 502 g/mol. The van der Waals surface area contributed by atoms with Crippen molar-refractivity contribution in [2.45, 2.75) is 25.6 Å². The predicted molar refractivity (Wildman–Crippen MR) is 135 cm³/mol. The Morgan fingerprint density at radius 3 is 2.21 bits per heavy atom. The summed E-state index contributed by atoms with van der Waals surface area (Å²) in [4.78, 5) is 1.82. The highest BCUT2D eigenvalue weighted by atomic mass is 19.1. The number of ether oxygens (including phenoxy) is 3. The van der Waals surface area contributed by atoms with Crippen LogP contribution in [0.25, 0.3) is 11.1 Å². The van der Waals surface area contributed by atoms with E-state index in [1.165, 1.54) is 38.5 Å². The van der Waals surface area contributed by atoms with Gasteiger partial charge in [0, 0.05) is 55.6 Å². The van der Waals surface area contributed by atoms with E-state index < -0.39 is 35.1 Å². The van der Waals surface area contributed by atoms with Gasteiger partial charge in [0.15, 0.2) is 12.1 Å². The fourth-order valence-corrected chi connectivity index (χ4v) is 5.30. The second-order valence-corrected chi connectivity index (χ2v) is 9.25. The lowest BCUT2D eigenvalue weighted by Gasteiger charge is -2.34. The Balaban J connectivity index is 1.88. The van der Waals surface area contributed by atoms with Crippen LogP contribution in [0.1, 0.15) is 47.8 Å². The molecule has 3 aromatic carbocycles. The van der Waals surface area contributed by atoms with Gasteiger partial charge < -0.3 is 24.2 Å². The Kier molecular flexibility index (Phi) is 7.32. The van der Waals surface area contributed by atoms with Crippen molar-refractivity contribution >= 4 is 16.8 Å². The zero-order valence-corrected chi connectivity index (χ0v) is 21.0. The van der Waals surface area contributed by atoms with Gasteiger partial charge in [-0.1, -0.05) is 6.07 Å². The average molecular weight is 530 g/mol. The summed E-state index contributed by atoms with van der Waals surface area (Å²) in [7, 11) is 2.56. The molecule has 0 saturated carbocycles. The van der Waals surface area contributed by atoms with Crippen LogP contribution < -0.4 is 9.64 Å². The van der Waals surface area contributed by atoms with E-state index in [0.717, 1.165) is 37.5 Å². The van der Waals surface area contributed by atoms with E-state index in [9.17, 15) is 5.11 Å². The third-order valence-corrected chi connectivity index (χ3v) is 7.01. The number of fused-ring (bicyclic) bond motifs is 1. The highest BCUT2D eigenvalue weighted by molar-refractivity contribution is 6.04. The fraction of sp³-hybridized carbons (Fsp3) is 0.310. The van der Waals surface area contributed by atoms with Crippen molar-refractivity contribution in [3.8, 4) is 11.5 Å². The lowest BCUT2D eigenvalue weighted by Crippen LogP contribution is -2.32. The van der Waals surface area contributed by atoms with Crippen molar-refractivity contribution in [2.24, 2.45) is 0 Å². The van der Waals surface area contributed by atoms with E-state index in [0.29, 0.717) is 18.7 Å². The number of piperidine rings is 1. The highest BCUT2D eigenvalue weighted by Crippen LogP contribution is 2.48. The Labute approximate surface area is 217 Å². The number of benzene rings is 3. The summed E-state index contributed by atoms with van der Waals surface area (Å²) in [6.07, 6.45) is 1.25. The summed E-state index contributed by atoms with van der Waals surface area (Å²) in [6, 6.07) is 8.89. The summed E-state index contributed by atoms with van der Waals surface area (Å²) in [5.74, 6) is -3.33. The second-order valence-electron chi connectivity index (χ2n) is 9.25. The van der Waals surface area contributed by atoms with Gasteiger partial charge in [0.05, 0.1) is 16.8 Å². The van der Waals surface area contributed by atoms with Crippen molar-refractivity contribution in [3.05, 3.63) is 88.0 Å². The lowest BCUT2D eigenvalue weighted by molar-refractivity contribution is -0.109. The molecule has 2 aliphatic rings. The standard InChI is InChI=1S/C29H27F4NO4/c1-36-29(37-2)26-22(32)14-18(28(27(26)33)34-11-4-3-5-12-34)24-17-10-9-16(35)13-23(17)38-15-19(24)25-20(30)7-6-8-21(25)31/h6-10,13-14,29,35H,3-5,11-12,15H2,1-2H3. The number of anilines is 1. The molecule has 2 aliphatic heterocycles. The molecule has 0 radical (unpaired) electrons. The van der Waals surface area contributed by atoms with Crippen molar-refractivity contribution in [2.75, 3.05) is 38.8 Å². The van der Waals surface area contributed by atoms with Gasteiger partial charge in [-0.3, -0.25) is 0 Å². The van der Waals surface area contributed by atoms with Crippen molar-refractivity contribution < 1.29 is 36.9 Å². The lowest BCUT2D eigenvalue weighted by atomic mass is 9.85. The molecule has 0 amide bonds. The van der Waals surface area contributed by atoms with Gasteiger partial charge in [-0.15, -0.1) is 0 Å². The summed E-state index contributed by atoms with van der Waals surface area (Å²) >= 11 is 0. The molecule has 1 N–H and O–H groups in total. The number of methoxy groups -OCH3 is 2. The van der Waals surface area contributed by atoms with Crippen LogP contribution in [0.3, 0.4) is 0 Å². The smallest absolute Gasteiger partial charge is 0.188 e. The normalized spacial score (nSPS) is 15.6. The number of rotatable bonds is 6. The number of hydrogen-bond acceptors (Lipinski definition) is 5. The molecule has 0 atom stereocenters. The van der Waals surface area contributed by atoms with Crippen molar-refractivity contribution in [1.29, 1.82) is 0 Å². The van der Waals surface area contributed by atoms with Crippen molar-refractivity contribution in [3.63, 3.8) is 0 Å². The molecule has 38 heavy (non-hydrogen) atoms. The second kappa shape index (κ2) is 10.7. The summed E-state index contributed by atoms with van der Waals surface area (Å²) in [5, 5.41) is 10.0. The highest BCUT2D eigenvalue weighted by Gasteiger charge is 2.34. The molecule has 3 aromatic rings.